The molecule has 33 heavy (non-hydrogen) atoms. The number of anilines is 2. The molecular weight excluding hydrogens is 419 g/mol. The first-order valence-electron chi connectivity index (χ1n) is 11.3. The molecule has 1 saturated heterocycles. The van der Waals surface area contributed by atoms with Crippen LogP contribution in [0.2, 0.25) is 0 Å². The first kappa shape index (κ1) is 21.4. The molecule has 0 bridgehead atoms. The Bertz CT molecular complexity index is 1170. The Balaban J connectivity index is 1.34. The van der Waals surface area contributed by atoms with Crippen LogP contribution in [0.4, 0.5) is 16.0 Å². The minimum Gasteiger partial charge on any atom is -0.497 e. The Morgan fingerprint density at radius 2 is 1.64 bits per heavy atom. The maximum Gasteiger partial charge on any atom is 0.225 e. The minimum atomic E-state index is -0.264. The number of ketones is 1. The predicted octanol–water partition coefficient (Wildman–Crippen LogP) is 4.17. The van der Waals surface area contributed by atoms with Crippen molar-refractivity contribution >= 4 is 17.4 Å². The molecule has 2 heterocycles. The largest absolute Gasteiger partial charge is 0.497 e. The number of fused-ring (bicyclic) bond motifs is 1. The second-order valence-electron chi connectivity index (χ2n) is 8.65. The summed E-state index contributed by atoms with van der Waals surface area (Å²) in [6, 6.07) is 14.8. The number of benzene rings is 2. The summed E-state index contributed by atoms with van der Waals surface area (Å²) >= 11 is 0. The molecule has 0 spiro atoms. The Morgan fingerprint density at radius 3 is 2.33 bits per heavy atom. The van der Waals surface area contributed by atoms with E-state index in [1.165, 1.54) is 6.07 Å². The summed E-state index contributed by atoms with van der Waals surface area (Å²) in [7, 11) is 1.67. The smallest absolute Gasteiger partial charge is 0.225 e. The third-order valence-electron chi connectivity index (χ3n) is 6.65. The van der Waals surface area contributed by atoms with Crippen LogP contribution in [0, 0.1) is 12.7 Å². The molecule has 1 aromatic heterocycles. The van der Waals surface area contributed by atoms with Gasteiger partial charge in [0.15, 0.2) is 5.78 Å². The molecule has 1 aliphatic carbocycles. The summed E-state index contributed by atoms with van der Waals surface area (Å²) in [5.41, 5.74) is 3.81. The van der Waals surface area contributed by atoms with Crippen molar-refractivity contribution in [2.45, 2.75) is 25.7 Å². The number of ether oxygens (including phenoxy) is 1. The van der Waals surface area contributed by atoms with E-state index in [-0.39, 0.29) is 23.9 Å². The maximum absolute atomic E-state index is 14.4. The quantitative estimate of drug-likeness (QED) is 0.600. The number of methoxy groups -OCH3 is 1. The SMILES string of the molecule is COc1ccc(N2CCN(c3nc(C)c4c(n3)C[C@H](c3ccccc3F)CC4=O)CC2)cc1. The molecule has 5 rings (SSSR count). The van der Waals surface area contributed by atoms with Crippen LogP contribution in [0.15, 0.2) is 48.5 Å². The number of hydrogen-bond acceptors (Lipinski definition) is 6. The molecule has 0 amide bonds. The average molecular weight is 447 g/mol. The van der Waals surface area contributed by atoms with Gasteiger partial charge in [0.25, 0.3) is 0 Å². The number of nitrogens with zero attached hydrogens (tertiary/aromatic N) is 4. The monoisotopic (exact) mass is 446 g/mol. The molecule has 1 atom stereocenters. The number of aryl methyl sites for hydroxylation is 1. The van der Waals surface area contributed by atoms with Crippen LogP contribution in [-0.4, -0.2) is 49.0 Å². The molecule has 170 valence electrons. The predicted molar refractivity (Wildman–Crippen MR) is 126 cm³/mol. The lowest BCUT2D eigenvalue weighted by atomic mass is 9.81. The van der Waals surface area contributed by atoms with Crippen molar-refractivity contribution in [2.24, 2.45) is 0 Å². The zero-order valence-electron chi connectivity index (χ0n) is 18.9. The molecular formula is C26H27FN4O2. The van der Waals surface area contributed by atoms with Gasteiger partial charge < -0.3 is 14.5 Å². The fraction of sp³-hybridized carbons (Fsp3) is 0.346. The number of Topliss-reactive ketones (excluding diaryl/α,β-unsaturated/α-hetero) is 1. The molecule has 2 aromatic carbocycles. The third-order valence-corrected chi connectivity index (χ3v) is 6.65. The molecule has 7 heteroatoms. The van der Waals surface area contributed by atoms with E-state index in [2.05, 4.69) is 26.9 Å². The highest BCUT2D eigenvalue weighted by molar-refractivity contribution is 5.99. The van der Waals surface area contributed by atoms with Gasteiger partial charge in [0, 0.05) is 38.3 Å². The van der Waals surface area contributed by atoms with Gasteiger partial charge in [-0.25, -0.2) is 14.4 Å². The van der Waals surface area contributed by atoms with Crippen molar-refractivity contribution in [1.82, 2.24) is 9.97 Å². The fourth-order valence-electron chi connectivity index (χ4n) is 4.88. The van der Waals surface area contributed by atoms with Crippen molar-refractivity contribution in [3.63, 3.8) is 0 Å². The van der Waals surface area contributed by atoms with Crippen LogP contribution >= 0.6 is 0 Å². The number of rotatable bonds is 4. The van der Waals surface area contributed by atoms with Gasteiger partial charge in [-0.2, -0.15) is 0 Å². The van der Waals surface area contributed by atoms with Gasteiger partial charge in [0.2, 0.25) is 5.95 Å². The second-order valence-corrected chi connectivity index (χ2v) is 8.65. The standard InChI is InChI=1S/C26H27FN4O2/c1-17-25-23(15-18(16-24(25)32)21-5-3-4-6-22(21)27)29-26(28-17)31-13-11-30(12-14-31)19-7-9-20(33-2)10-8-19/h3-10,18H,11-16H2,1-2H3/t18-/m0/s1. The van der Waals surface area contributed by atoms with Crippen LogP contribution < -0.4 is 14.5 Å². The number of aromatic nitrogens is 2. The summed E-state index contributed by atoms with van der Waals surface area (Å²) in [4.78, 5) is 26.9. The molecule has 6 nitrogen and oxygen atoms in total. The van der Waals surface area contributed by atoms with Gasteiger partial charge in [0.1, 0.15) is 11.6 Å². The topological polar surface area (TPSA) is 58.6 Å². The van der Waals surface area contributed by atoms with Crippen LogP contribution in [-0.2, 0) is 6.42 Å². The van der Waals surface area contributed by atoms with Crippen LogP contribution in [0.5, 0.6) is 5.75 Å². The molecule has 1 aliphatic heterocycles. The van der Waals surface area contributed by atoms with Gasteiger partial charge in [0.05, 0.1) is 24.1 Å². The van der Waals surface area contributed by atoms with Crippen molar-refractivity contribution in [1.29, 1.82) is 0 Å². The van der Waals surface area contributed by atoms with E-state index >= 15 is 0 Å². The zero-order chi connectivity index (χ0) is 22.9. The highest BCUT2D eigenvalue weighted by Gasteiger charge is 2.32. The highest BCUT2D eigenvalue weighted by Crippen LogP contribution is 2.35. The summed E-state index contributed by atoms with van der Waals surface area (Å²) in [6.45, 7) is 5.15. The van der Waals surface area contributed by atoms with Crippen molar-refractivity contribution in [3.8, 4) is 5.75 Å². The van der Waals surface area contributed by atoms with Crippen molar-refractivity contribution in [2.75, 3.05) is 43.1 Å². The third kappa shape index (κ3) is 4.15. The number of carbonyl (C=O) groups excluding carboxylic acids is 1. The summed E-state index contributed by atoms with van der Waals surface area (Å²) in [5.74, 6) is 1.04. The molecule has 0 unspecified atom stereocenters. The van der Waals surface area contributed by atoms with Crippen LogP contribution in [0.1, 0.15) is 39.6 Å². The van der Waals surface area contributed by atoms with E-state index in [1.54, 1.807) is 19.2 Å². The Hall–Kier alpha value is -3.48. The molecule has 0 saturated carbocycles. The summed E-state index contributed by atoms with van der Waals surface area (Å²) in [5, 5.41) is 0. The van der Waals surface area contributed by atoms with Gasteiger partial charge in [-0.3, -0.25) is 4.79 Å². The Labute approximate surface area is 193 Å². The molecule has 2 aliphatic rings. The van der Waals surface area contributed by atoms with Gasteiger partial charge >= 0.3 is 0 Å². The highest BCUT2D eigenvalue weighted by atomic mass is 19.1. The Morgan fingerprint density at radius 1 is 0.939 bits per heavy atom. The lowest BCUT2D eigenvalue weighted by Crippen LogP contribution is -2.47. The maximum atomic E-state index is 14.4. The molecule has 0 N–H and O–H groups in total. The average Bonchev–Trinajstić information content (AvgIpc) is 2.84. The Kier molecular flexibility index (Phi) is 5.70. The van der Waals surface area contributed by atoms with Crippen LogP contribution in [0.3, 0.4) is 0 Å². The first-order valence-corrected chi connectivity index (χ1v) is 11.3. The van der Waals surface area contributed by atoms with E-state index in [4.69, 9.17) is 9.72 Å². The van der Waals surface area contributed by atoms with E-state index in [0.717, 1.165) is 43.3 Å². The van der Waals surface area contributed by atoms with E-state index < -0.39 is 0 Å². The van der Waals surface area contributed by atoms with E-state index in [1.807, 2.05) is 25.1 Å². The van der Waals surface area contributed by atoms with E-state index in [0.29, 0.717) is 29.2 Å². The normalized spacial score (nSPS) is 18.3. The minimum absolute atomic E-state index is 0.00196. The second kappa shape index (κ2) is 8.81. The molecule has 1 fully saturated rings. The van der Waals surface area contributed by atoms with Gasteiger partial charge in [-0.05, 0) is 55.2 Å². The fourth-order valence-corrected chi connectivity index (χ4v) is 4.88. The summed E-state index contributed by atoms with van der Waals surface area (Å²) in [6.07, 6.45) is 0.836. The number of halogens is 1. The number of carbonyl (C=O) groups is 1. The lowest BCUT2D eigenvalue weighted by molar-refractivity contribution is 0.0961. The van der Waals surface area contributed by atoms with E-state index in [9.17, 15) is 9.18 Å². The zero-order valence-corrected chi connectivity index (χ0v) is 18.9. The van der Waals surface area contributed by atoms with Gasteiger partial charge in [-0.15, -0.1) is 0 Å². The van der Waals surface area contributed by atoms with Gasteiger partial charge in [-0.1, -0.05) is 18.2 Å². The first-order chi connectivity index (χ1) is 16.0. The number of piperazine rings is 1. The molecule has 0 radical (unpaired) electrons. The van der Waals surface area contributed by atoms with Crippen molar-refractivity contribution < 1.29 is 13.9 Å². The molecule has 3 aromatic rings. The van der Waals surface area contributed by atoms with Crippen LogP contribution in [0.25, 0.3) is 0 Å². The lowest BCUT2D eigenvalue weighted by Gasteiger charge is -2.36. The summed E-state index contributed by atoms with van der Waals surface area (Å²) < 4.78 is 19.6. The number of hydrogen-bond donors (Lipinski definition) is 0. The van der Waals surface area contributed by atoms with Crippen molar-refractivity contribution in [3.05, 3.63) is 76.9 Å².